The van der Waals surface area contributed by atoms with E-state index in [0.717, 1.165) is 16.5 Å². The molecule has 0 saturated carbocycles. The van der Waals surface area contributed by atoms with Crippen molar-refractivity contribution in [2.45, 2.75) is 13.0 Å². The summed E-state index contributed by atoms with van der Waals surface area (Å²) in [6.45, 7) is -2.70. The van der Waals surface area contributed by atoms with E-state index in [0.29, 0.717) is 13.0 Å². The minimum Gasteiger partial charge on any atom is -0.493 e. The molecule has 0 aliphatic rings. The predicted octanol–water partition coefficient (Wildman–Crippen LogP) is 3.75. The van der Waals surface area contributed by atoms with Crippen molar-refractivity contribution in [3.63, 3.8) is 0 Å². The first-order valence-electron chi connectivity index (χ1n) is 8.05. The van der Waals surface area contributed by atoms with Crippen LogP contribution < -0.4 is 14.8 Å². The highest BCUT2D eigenvalue weighted by atomic mass is 19.3. The number of H-pyrrole nitrogens is 1. The second-order valence-corrected chi connectivity index (χ2v) is 5.58. The molecule has 26 heavy (non-hydrogen) atoms. The Kier molecular flexibility index (Phi) is 5.36. The molecule has 136 valence electrons. The van der Waals surface area contributed by atoms with Crippen LogP contribution >= 0.6 is 0 Å². The van der Waals surface area contributed by atoms with Crippen LogP contribution in [0.15, 0.2) is 48.7 Å². The number of carbonyl (C=O) groups is 1. The van der Waals surface area contributed by atoms with E-state index in [9.17, 15) is 13.6 Å². The third kappa shape index (κ3) is 3.77. The van der Waals surface area contributed by atoms with Crippen molar-refractivity contribution in [1.29, 1.82) is 0 Å². The van der Waals surface area contributed by atoms with Crippen molar-refractivity contribution in [1.82, 2.24) is 10.3 Å². The topological polar surface area (TPSA) is 63.3 Å². The lowest BCUT2D eigenvalue weighted by molar-refractivity contribution is -0.0515. The summed E-state index contributed by atoms with van der Waals surface area (Å²) >= 11 is 0. The molecule has 0 spiro atoms. The lowest BCUT2D eigenvalue weighted by Gasteiger charge is -2.14. The molecule has 7 heteroatoms. The van der Waals surface area contributed by atoms with Crippen LogP contribution in [0.1, 0.15) is 15.9 Å². The smallest absolute Gasteiger partial charge is 0.387 e. The zero-order chi connectivity index (χ0) is 18.5. The Morgan fingerprint density at radius 1 is 1.19 bits per heavy atom. The van der Waals surface area contributed by atoms with E-state index < -0.39 is 12.5 Å². The summed E-state index contributed by atoms with van der Waals surface area (Å²) in [5, 5.41) is 3.82. The van der Waals surface area contributed by atoms with Gasteiger partial charge in [-0.2, -0.15) is 8.78 Å². The van der Waals surface area contributed by atoms with Gasteiger partial charge in [-0.25, -0.2) is 0 Å². The average Bonchev–Trinajstić information content (AvgIpc) is 3.04. The second kappa shape index (κ2) is 7.86. The third-order valence-electron chi connectivity index (χ3n) is 4.01. The van der Waals surface area contributed by atoms with Crippen molar-refractivity contribution in [3.05, 3.63) is 59.8 Å². The fraction of sp³-hybridized carbons (Fsp3) is 0.211. The molecule has 3 aromatic rings. The van der Waals surface area contributed by atoms with Gasteiger partial charge in [-0.3, -0.25) is 4.79 Å². The average molecular weight is 360 g/mol. The summed E-state index contributed by atoms with van der Waals surface area (Å²) in [6.07, 6.45) is 2.50. The van der Waals surface area contributed by atoms with Gasteiger partial charge in [0, 0.05) is 23.6 Å². The number of rotatable bonds is 7. The number of hydrogen-bond acceptors (Lipinski definition) is 3. The molecule has 0 unspecified atom stereocenters. The van der Waals surface area contributed by atoms with Crippen LogP contribution in [0.5, 0.6) is 11.5 Å². The number of aromatic amines is 1. The quantitative estimate of drug-likeness (QED) is 0.674. The van der Waals surface area contributed by atoms with Crippen LogP contribution in [0.2, 0.25) is 0 Å². The molecule has 2 aromatic carbocycles. The molecule has 1 amide bonds. The molecule has 5 nitrogen and oxygen atoms in total. The number of alkyl halides is 2. The molecule has 1 aromatic heterocycles. The number of para-hydroxylation sites is 2. The van der Waals surface area contributed by atoms with Gasteiger partial charge in [0.1, 0.15) is 0 Å². The number of ether oxygens (including phenoxy) is 2. The Balaban J connectivity index is 1.70. The van der Waals surface area contributed by atoms with Crippen molar-refractivity contribution < 1.29 is 23.0 Å². The summed E-state index contributed by atoms with van der Waals surface area (Å²) in [5.74, 6) is -0.691. The van der Waals surface area contributed by atoms with Crippen LogP contribution in [0.3, 0.4) is 0 Å². The summed E-state index contributed by atoms with van der Waals surface area (Å²) in [4.78, 5) is 15.6. The normalized spacial score (nSPS) is 10.9. The molecular formula is C19H18F2N2O3. The molecule has 0 bridgehead atoms. The Labute approximate surface area is 148 Å². The van der Waals surface area contributed by atoms with Crippen LogP contribution in [0.25, 0.3) is 10.9 Å². The number of aromatic nitrogens is 1. The Bertz CT molecular complexity index is 909. The first-order valence-corrected chi connectivity index (χ1v) is 8.05. The van der Waals surface area contributed by atoms with Gasteiger partial charge >= 0.3 is 6.61 Å². The van der Waals surface area contributed by atoms with Gasteiger partial charge in [0.25, 0.3) is 5.91 Å². The van der Waals surface area contributed by atoms with Gasteiger partial charge in [-0.15, -0.1) is 0 Å². The van der Waals surface area contributed by atoms with Crippen molar-refractivity contribution in [2.75, 3.05) is 13.7 Å². The number of amides is 1. The molecule has 0 saturated heterocycles. The summed E-state index contributed by atoms with van der Waals surface area (Å²) < 4.78 is 34.8. The monoisotopic (exact) mass is 360 g/mol. The van der Waals surface area contributed by atoms with E-state index in [1.165, 1.54) is 19.2 Å². The molecule has 2 N–H and O–H groups in total. The van der Waals surface area contributed by atoms with E-state index in [-0.39, 0.29) is 17.1 Å². The lowest BCUT2D eigenvalue weighted by Crippen LogP contribution is -2.26. The molecule has 0 aliphatic carbocycles. The fourth-order valence-corrected chi connectivity index (χ4v) is 2.81. The third-order valence-corrected chi connectivity index (χ3v) is 4.01. The summed E-state index contributed by atoms with van der Waals surface area (Å²) in [6, 6.07) is 12.3. The van der Waals surface area contributed by atoms with E-state index in [4.69, 9.17) is 4.74 Å². The molecule has 0 atom stereocenters. The van der Waals surface area contributed by atoms with E-state index in [1.54, 1.807) is 6.07 Å². The number of hydrogen-bond donors (Lipinski definition) is 2. The van der Waals surface area contributed by atoms with Crippen LogP contribution in [0, 0.1) is 0 Å². The zero-order valence-electron chi connectivity index (χ0n) is 14.1. The van der Waals surface area contributed by atoms with E-state index in [1.807, 2.05) is 30.5 Å². The first kappa shape index (κ1) is 17.7. The highest BCUT2D eigenvalue weighted by Crippen LogP contribution is 2.32. The highest BCUT2D eigenvalue weighted by Gasteiger charge is 2.20. The van der Waals surface area contributed by atoms with Crippen LogP contribution in [0.4, 0.5) is 8.78 Å². The summed E-state index contributed by atoms with van der Waals surface area (Å²) in [7, 11) is 1.33. The second-order valence-electron chi connectivity index (χ2n) is 5.58. The van der Waals surface area contributed by atoms with Gasteiger partial charge < -0.3 is 19.8 Å². The maximum absolute atomic E-state index is 12.7. The first-order chi connectivity index (χ1) is 12.6. The van der Waals surface area contributed by atoms with E-state index >= 15 is 0 Å². The van der Waals surface area contributed by atoms with Crippen LogP contribution in [-0.4, -0.2) is 31.2 Å². The molecule has 0 radical (unpaired) electrons. The predicted molar refractivity (Wildman–Crippen MR) is 94.0 cm³/mol. The molecule has 0 aliphatic heterocycles. The number of fused-ring (bicyclic) bond motifs is 1. The molecule has 1 heterocycles. The SMILES string of the molecule is COc1cccc(C(=O)NCCc2c[nH]c3ccccc23)c1OC(F)F. The number of benzene rings is 2. The number of methoxy groups -OCH3 is 1. The fourth-order valence-electron chi connectivity index (χ4n) is 2.81. The van der Waals surface area contributed by atoms with E-state index in [2.05, 4.69) is 15.0 Å². The summed E-state index contributed by atoms with van der Waals surface area (Å²) in [5.41, 5.74) is 2.09. The number of nitrogens with one attached hydrogen (secondary N) is 2. The Morgan fingerprint density at radius 2 is 2.00 bits per heavy atom. The zero-order valence-corrected chi connectivity index (χ0v) is 14.1. The van der Waals surface area contributed by atoms with Crippen molar-refractivity contribution >= 4 is 16.8 Å². The number of halogens is 2. The van der Waals surface area contributed by atoms with Crippen molar-refractivity contribution in [2.24, 2.45) is 0 Å². The minimum absolute atomic E-state index is 0.00331. The highest BCUT2D eigenvalue weighted by molar-refractivity contribution is 5.97. The van der Waals surface area contributed by atoms with Gasteiger partial charge in [0.05, 0.1) is 12.7 Å². The standard InChI is InChI=1S/C19H18F2N2O3/c1-25-16-8-4-6-14(17(16)26-19(20)21)18(24)22-10-9-12-11-23-15-7-3-2-5-13(12)15/h2-8,11,19,23H,9-10H2,1H3,(H,22,24). The molecule has 0 fully saturated rings. The van der Waals surface area contributed by atoms with Crippen molar-refractivity contribution in [3.8, 4) is 11.5 Å². The van der Waals surface area contributed by atoms with Gasteiger partial charge in [-0.05, 0) is 30.2 Å². The van der Waals surface area contributed by atoms with Gasteiger partial charge in [0.2, 0.25) is 0 Å². The Morgan fingerprint density at radius 3 is 2.77 bits per heavy atom. The largest absolute Gasteiger partial charge is 0.493 e. The Hall–Kier alpha value is -3.09. The maximum atomic E-state index is 12.7. The van der Waals surface area contributed by atoms with Gasteiger partial charge in [0.15, 0.2) is 11.5 Å². The molecule has 3 rings (SSSR count). The number of carbonyl (C=O) groups excluding carboxylic acids is 1. The van der Waals surface area contributed by atoms with Crippen LogP contribution in [-0.2, 0) is 6.42 Å². The van der Waals surface area contributed by atoms with Gasteiger partial charge in [-0.1, -0.05) is 24.3 Å². The maximum Gasteiger partial charge on any atom is 0.387 e. The molecular weight excluding hydrogens is 342 g/mol. The minimum atomic E-state index is -3.05. The lowest BCUT2D eigenvalue weighted by atomic mass is 10.1.